The second kappa shape index (κ2) is 3.72. The van der Waals surface area contributed by atoms with E-state index in [1.165, 1.54) is 7.11 Å². The molecular formula is C8H9ClO2. The summed E-state index contributed by atoms with van der Waals surface area (Å²) in [6, 6.07) is 6.92. The molecule has 60 valence electrons. The smallest absolute Gasteiger partial charge is 0.180 e. The SMILES string of the molecule is COC(O)c1cccc(Cl)c1. The van der Waals surface area contributed by atoms with Crippen LogP contribution >= 0.6 is 11.6 Å². The number of hydrogen-bond donors (Lipinski definition) is 1. The molecule has 0 bridgehead atoms. The average Bonchev–Trinajstić information content (AvgIpc) is 2.03. The molecule has 0 fully saturated rings. The van der Waals surface area contributed by atoms with Gasteiger partial charge in [0.25, 0.3) is 0 Å². The number of halogens is 1. The summed E-state index contributed by atoms with van der Waals surface area (Å²) in [5.41, 5.74) is 0.667. The number of rotatable bonds is 2. The van der Waals surface area contributed by atoms with Crippen LogP contribution in [0.25, 0.3) is 0 Å². The summed E-state index contributed by atoms with van der Waals surface area (Å²) in [5, 5.41) is 9.77. The zero-order valence-corrected chi connectivity index (χ0v) is 6.88. The largest absolute Gasteiger partial charge is 0.364 e. The summed E-state index contributed by atoms with van der Waals surface area (Å²) in [6.45, 7) is 0. The van der Waals surface area contributed by atoms with Gasteiger partial charge in [-0.1, -0.05) is 23.7 Å². The quantitative estimate of drug-likeness (QED) is 0.692. The van der Waals surface area contributed by atoms with Crippen molar-refractivity contribution in [1.29, 1.82) is 0 Å². The van der Waals surface area contributed by atoms with Gasteiger partial charge in [0.05, 0.1) is 0 Å². The topological polar surface area (TPSA) is 29.5 Å². The Balaban J connectivity index is 2.86. The number of methoxy groups -OCH3 is 1. The Labute approximate surface area is 70.4 Å². The average molecular weight is 173 g/mol. The number of ether oxygens (including phenoxy) is 1. The van der Waals surface area contributed by atoms with Crippen LogP contribution < -0.4 is 0 Å². The Morgan fingerprint density at radius 1 is 1.55 bits per heavy atom. The summed E-state index contributed by atoms with van der Waals surface area (Å²) in [4.78, 5) is 0. The van der Waals surface area contributed by atoms with Crippen LogP contribution in [0.3, 0.4) is 0 Å². The van der Waals surface area contributed by atoms with E-state index in [4.69, 9.17) is 11.6 Å². The summed E-state index contributed by atoms with van der Waals surface area (Å²) >= 11 is 5.68. The highest BCUT2D eigenvalue weighted by Gasteiger charge is 2.03. The van der Waals surface area contributed by atoms with Gasteiger partial charge in [0.2, 0.25) is 0 Å². The fraction of sp³-hybridized carbons (Fsp3) is 0.250. The molecule has 3 heteroatoms. The van der Waals surface area contributed by atoms with Gasteiger partial charge in [-0.3, -0.25) is 0 Å². The highest BCUT2D eigenvalue weighted by atomic mass is 35.5. The van der Waals surface area contributed by atoms with E-state index in [0.717, 1.165) is 0 Å². The third kappa shape index (κ3) is 2.19. The van der Waals surface area contributed by atoms with Gasteiger partial charge in [0.15, 0.2) is 6.29 Å². The van der Waals surface area contributed by atoms with Gasteiger partial charge in [-0.05, 0) is 12.1 Å². The van der Waals surface area contributed by atoms with Gasteiger partial charge in [-0.25, -0.2) is 0 Å². The minimum Gasteiger partial charge on any atom is -0.364 e. The molecule has 0 aliphatic heterocycles. The van der Waals surface area contributed by atoms with E-state index in [1.807, 2.05) is 0 Å². The second-order valence-electron chi connectivity index (χ2n) is 2.14. The molecule has 1 N–H and O–H groups in total. The lowest BCUT2D eigenvalue weighted by molar-refractivity contribution is -0.0769. The van der Waals surface area contributed by atoms with Gasteiger partial charge < -0.3 is 9.84 Å². The molecule has 1 atom stereocenters. The summed E-state index contributed by atoms with van der Waals surface area (Å²) in [6.07, 6.45) is -0.881. The first-order chi connectivity index (χ1) is 5.24. The number of benzene rings is 1. The number of aliphatic hydroxyl groups excluding tert-OH is 1. The van der Waals surface area contributed by atoms with Gasteiger partial charge in [-0.2, -0.15) is 0 Å². The van der Waals surface area contributed by atoms with E-state index in [0.29, 0.717) is 10.6 Å². The monoisotopic (exact) mass is 172 g/mol. The second-order valence-corrected chi connectivity index (χ2v) is 2.58. The zero-order valence-electron chi connectivity index (χ0n) is 6.12. The van der Waals surface area contributed by atoms with Crippen LogP contribution in [0.5, 0.6) is 0 Å². The summed E-state index contributed by atoms with van der Waals surface area (Å²) in [5.74, 6) is 0. The minimum atomic E-state index is -0.881. The molecule has 0 aliphatic rings. The Morgan fingerprint density at radius 2 is 2.27 bits per heavy atom. The molecule has 0 saturated heterocycles. The third-order valence-electron chi connectivity index (χ3n) is 1.36. The molecule has 1 aromatic carbocycles. The third-order valence-corrected chi connectivity index (χ3v) is 1.59. The fourth-order valence-corrected chi connectivity index (χ4v) is 0.995. The molecular weight excluding hydrogens is 164 g/mol. The summed E-state index contributed by atoms with van der Waals surface area (Å²) < 4.78 is 4.69. The predicted octanol–water partition coefficient (Wildman–Crippen LogP) is 1.98. The van der Waals surface area contributed by atoms with Crippen molar-refractivity contribution in [3.63, 3.8) is 0 Å². The zero-order chi connectivity index (χ0) is 8.27. The number of hydrogen-bond acceptors (Lipinski definition) is 2. The Bertz CT molecular complexity index is 237. The molecule has 1 unspecified atom stereocenters. The Hall–Kier alpha value is -0.570. The van der Waals surface area contributed by atoms with Gasteiger partial charge in [0.1, 0.15) is 0 Å². The van der Waals surface area contributed by atoms with E-state index in [-0.39, 0.29) is 0 Å². The van der Waals surface area contributed by atoms with Gasteiger partial charge >= 0.3 is 0 Å². The standard InChI is InChI=1S/C8H9ClO2/c1-11-8(10)6-3-2-4-7(9)5-6/h2-5,8,10H,1H3. The predicted molar refractivity (Wildman–Crippen MR) is 43.4 cm³/mol. The molecule has 0 spiro atoms. The molecule has 0 aliphatic carbocycles. The first kappa shape index (κ1) is 8.53. The van der Waals surface area contributed by atoms with Crippen molar-refractivity contribution in [3.8, 4) is 0 Å². The molecule has 0 heterocycles. The van der Waals surface area contributed by atoms with Crippen LogP contribution in [0.1, 0.15) is 11.9 Å². The van der Waals surface area contributed by atoms with Crippen molar-refractivity contribution in [2.24, 2.45) is 0 Å². The molecule has 0 radical (unpaired) electrons. The maximum absolute atomic E-state index is 9.17. The Morgan fingerprint density at radius 3 is 2.82 bits per heavy atom. The van der Waals surface area contributed by atoms with Crippen LogP contribution in [0, 0.1) is 0 Å². The molecule has 1 rings (SSSR count). The fourth-order valence-electron chi connectivity index (χ4n) is 0.796. The minimum absolute atomic E-state index is 0.596. The van der Waals surface area contributed by atoms with Crippen molar-refractivity contribution in [3.05, 3.63) is 34.9 Å². The summed E-state index contributed by atoms with van der Waals surface area (Å²) in [7, 11) is 1.44. The first-order valence-electron chi connectivity index (χ1n) is 3.20. The van der Waals surface area contributed by atoms with E-state index in [9.17, 15) is 5.11 Å². The van der Waals surface area contributed by atoms with E-state index in [2.05, 4.69) is 4.74 Å². The molecule has 1 aromatic rings. The van der Waals surface area contributed by atoms with E-state index >= 15 is 0 Å². The molecule has 0 amide bonds. The van der Waals surface area contributed by atoms with Gasteiger partial charge in [-0.15, -0.1) is 0 Å². The lowest BCUT2D eigenvalue weighted by atomic mass is 10.2. The highest BCUT2D eigenvalue weighted by Crippen LogP contribution is 2.17. The lowest BCUT2D eigenvalue weighted by Gasteiger charge is -2.07. The van der Waals surface area contributed by atoms with Crippen LogP contribution in [-0.2, 0) is 4.74 Å². The highest BCUT2D eigenvalue weighted by molar-refractivity contribution is 6.30. The van der Waals surface area contributed by atoms with Crippen LogP contribution in [0.2, 0.25) is 5.02 Å². The lowest BCUT2D eigenvalue weighted by Crippen LogP contribution is -1.98. The maximum atomic E-state index is 9.17. The normalized spacial score (nSPS) is 13.0. The van der Waals surface area contributed by atoms with Crippen molar-refractivity contribution in [1.82, 2.24) is 0 Å². The molecule has 0 saturated carbocycles. The molecule has 2 nitrogen and oxygen atoms in total. The van der Waals surface area contributed by atoms with Gasteiger partial charge in [0, 0.05) is 17.7 Å². The first-order valence-corrected chi connectivity index (χ1v) is 3.58. The van der Waals surface area contributed by atoms with E-state index in [1.54, 1.807) is 24.3 Å². The maximum Gasteiger partial charge on any atom is 0.180 e. The van der Waals surface area contributed by atoms with Crippen molar-refractivity contribution in [2.75, 3.05) is 7.11 Å². The van der Waals surface area contributed by atoms with E-state index < -0.39 is 6.29 Å². The molecule has 0 aromatic heterocycles. The van der Waals surface area contributed by atoms with Crippen LogP contribution in [-0.4, -0.2) is 12.2 Å². The van der Waals surface area contributed by atoms with Crippen molar-refractivity contribution < 1.29 is 9.84 Å². The van der Waals surface area contributed by atoms with Crippen molar-refractivity contribution in [2.45, 2.75) is 6.29 Å². The molecule has 11 heavy (non-hydrogen) atoms. The van der Waals surface area contributed by atoms with Crippen LogP contribution in [0.15, 0.2) is 24.3 Å². The Kier molecular flexibility index (Phi) is 2.88. The number of aliphatic hydroxyl groups is 1. The van der Waals surface area contributed by atoms with Crippen LogP contribution in [0.4, 0.5) is 0 Å². The van der Waals surface area contributed by atoms with Crippen molar-refractivity contribution >= 4 is 11.6 Å².